The van der Waals surface area contributed by atoms with Crippen molar-refractivity contribution < 1.29 is 0 Å². The van der Waals surface area contributed by atoms with Gasteiger partial charge in [-0.2, -0.15) is 0 Å². The predicted molar refractivity (Wildman–Crippen MR) is 80.0 cm³/mol. The Balaban J connectivity index is 1.94. The first-order valence-electron chi connectivity index (χ1n) is 6.70. The lowest BCUT2D eigenvalue weighted by molar-refractivity contribution is 0.814. The van der Waals surface area contributed by atoms with Crippen molar-refractivity contribution in [1.29, 1.82) is 0 Å². The molecule has 1 unspecified atom stereocenters. The van der Waals surface area contributed by atoms with E-state index in [1.54, 1.807) is 0 Å². The number of nitrogens with zero attached hydrogens (tertiary/aromatic N) is 1. The fraction of sp³-hybridized carbons (Fsp3) is 0.167. The maximum atomic E-state index is 4.65. The molecular weight excluding hydrogens is 230 g/mol. The van der Waals surface area contributed by atoms with E-state index in [-0.39, 0.29) is 0 Å². The predicted octanol–water partition coefficient (Wildman–Crippen LogP) is 4.66. The van der Waals surface area contributed by atoms with E-state index >= 15 is 0 Å². The van der Waals surface area contributed by atoms with Gasteiger partial charge in [-0.25, -0.2) is 0 Å². The van der Waals surface area contributed by atoms with Crippen molar-refractivity contribution in [3.05, 3.63) is 78.2 Å². The van der Waals surface area contributed by atoms with Crippen LogP contribution < -0.4 is 0 Å². The van der Waals surface area contributed by atoms with Gasteiger partial charge in [0.15, 0.2) is 0 Å². The lowest BCUT2D eigenvalue weighted by Crippen LogP contribution is -2.00. The van der Waals surface area contributed by atoms with Crippen LogP contribution in [0.2, 0.25) is 0 Å². The molecule has 1 atom stereocenters. The zero-order chi connectivity index (χ0) is 13.1. The average Bonchev–Trinajstić information content (AvgIpc) is 2.49. The molecule has 0 bridgehead atoms. The van der Waals surface area contributed by atoms with Crippen LogP contribution in [0.1, 0.15) is 23.6 Å². The summed E-state index contributed by atoms with van der Waals surface area (Å²) in [6, 6.07) is 12.7. The molecule has 0 radical (unpaired) electrons. The minimum Gasteiger partial charge on any atom is -0.260 e. The molecule has 2 aromatic rings. The van der Waals surface area contributed by atoms with Crippen LogP contribution in [0.4, 0.5) is 0 Å². The number of benzene rings is 1. The summed E-state index contributed by atoms with van der Waals surface area (Å²) >= 11 is 0. The highest BCUT2D eigenvalue weighted by Gasteiger charge is 2.11. The lowest BCUT2D eigenvalue weighted by Gasteiger charge is -2.14. The van der Waals surface area contributed by atoms with Crippen LogP contribution in [0, 0.1) is 6.92 Å². The first kappa shape index (κ1) is 11.9. The van der Waals surface area contributed by atoms with Gasteiger partial charge < -0.3 is 0 Å². The third-order valence-corrected chi connectivity index (χ3v) is 3.58. The zero-order valence-corrected chi connectivity index (χ0v) is 11.1. The van der Waals surface area contributed by atoms with Crippen molar-refractivity contribution >= 4 is 0 Å². The van der Waals surface area contributed by atoms with Crippen LogP contribution in [-0.2, 0) is 0 Å². The zero-order valence-electron chi connectivity index (χ0n) is 11.1. The summed E-state index contributed by atoms with van der Waals surface area (Å²) in [7, 11) is 0. The third-order valence-electron chi connectivity index (χ3n) is 3.58. The van der Waals surface area contributed by atoms with Gasteiger partial charge in [0.2, 0.25) is 0 Å². The van der Waals surface area contributed by atoms with Crippen LogP contribution in [0.15, 0.2) is 66.9 Å². The van der Waals surface area contributed by atoms with Gasteiger partial charge in [-0.05, 0) is 30.5 Å². The summed E-state index contributed by atoms with van der Waals surface area (Å²) in [5.74, 6) is 0.425. The fourth-order valence-electron chi connectivity index (χ4n) is 2.50. The van der Waals surface area contributed by atoms with Crippen molar-refractivity contribution in [3.8, 4) is 11.1 Å². The Bertz CT molecular complexity index is 623. The summed E-state index contributed by atoms with van der Waals surface area (Å²) in [4.78, 5) is 4.65. The Morgan fingerprint density at radius 3 is 2.63 bits per heavy atom. The van der Waals surface area contributed by atoms with Crippen molar-refractivity contribution in [1.82, 2.24) is 4.98 Å². The van der Waals surface area contributed by atoms with Gasteiger partial charge in [0.25, 0.3) is 0 Å². The van der Waals surface area contributed by atoms with Gasteiger partial charge in [0, 0.05) is 23.4 Å². The number of hydrogen-bond acceptors (Lipinski definition) is 1. The van der Waals surface area contributed by atoms with Crippen molar-refractivity contribution in [3.63, 3.8) is 0 Å². The second-order valence-electron chi connectivity index (χ2n) is 4.95. The van der Waals surface area contributed by atoms with Crippen LogP contribution in [0.5, 0.6) is 0 Å². The van der Waals surface area contributed by atoms with E-state index in [9.17, 15) is 0 Å². The van der Waals surface area contributed by atoms with E-state index in [1.807, 2.05) is 12.3 Å². The van der Waals surface area contributed by atoms with Crippen molar-refractivity contribution in [2.75, 3.05) is 0 Å². The van der Waals surface area contributed by atoms with Crippen LogP contribution in [-0.4, -0.2) is 4.98 Å². The van der Waals surface area contributed by atoms with Crippen LogP contribution in [0.25, 0.3) is 11.1 Å². The molecule has 3 rings (SSSR count). The molecule has 94 valence electrons. The molecule has 0 amide bonds. The highest BCUT2D eigenvalue weighted by atomic mass is 14.7. The summed E-state index contributed by atoms with van der Waals surface area (Å²) < 4.78 is 0. The Kier molecular flexibility index (Phi) is 3.28. The standard InChI is InChI=1S/C18H17N/c1-14-12-18(16-10-6-3-7-11-16)19-13-17(14)15-8-4-2-5-9-15/h2-10,12-13,16H,11H2,1H3. The molecule has 0 aliphatic heterocycles. The molecule has 0 saturated carbocycles. The largest absolute Gasteiger partial charge is 0.260 e. The quantitative estimate of drug-likeness (QED) is 0.752. The third kappa shape index (κ3) is 2.50. The minimum absolute atomic E-state index is 0.425. The average molecular weight is 247 g/mol. The molecule has 1 aromatic carbocycles. The molecular formula is C18H17N. The molecule has 1 aromatic heterocycles. The maximum absolute atomic E-state index is 4.65. The molecule has 0 N–H and O–H groups in total. The summed E-state index contributed by atoms with van der Waals surface area (Å²) in [5, 5.41) is 0. The molecule has 1 nitrogen and oxygen atoms in total. The smallest absolute Gasteiger partial charge is 0.0478 e. The Morgan fingerprint density at radius 2 is 1.95 bits per heavy atom. The van der Waals surface area contributed by atoms with E-state index < -0.39 is 0 Å². The van der Waals surface area contributed by atoms with Crippen molar-refractivity contribution in [2.45, 2.75) is 19.3 Å². The summed E-state index contributed by atoms with van der Waals surface area (Å²) in [6.45, 7) is 2.16. The van der Waals surface area contributed by atoms with Crippen LogP contribution >= 0.6 is 0 Å². The molecule has 1 heteroatoms. The SMILES string of the molecule is Cc1cc(C2C=CC=CC2)ncc1-c1ccccc1. The summed E-state index contributed by atoms with van der Waals surface area (Å²) in [6.07, 6.45) is 11.7. The van der Waals surface area contributed by atoms with E-state index in [1.165, 1.54) is 16.7 Å². The molecule has 1 aliphatic carbocycles. The highest BCUT2D eigenvalue weighted by molar-refractivity contribution is 5.66. The number of allylic oxidation sites excluding steroid dienone is 4. The van der Waals surface area contributed by atoms with Gasteiger partial charge in [-0.1, -0.05) is 54.6 Å². The second kappa shape index (κ2) is 5.23. The Hall–Kier alpha value is -2.15. The minimum atomic E-state index is 0.425. The topological polar surface area (TPSA) is 12.9 Å². The Morgan fingerprint density at radius 1 is 1.11 bits per heavy atom. The monoisotopic (exact) mass is 247 g/mol. The van der Waals surface area contributed by atoms with E-state index in [0.717, 1.165) is 12.1 Å². The first-order chi connectivity index (χ1) is 9.34. The van der Waals surface area contributed by atoms with Gasteiger partial charge in [-0.15, -0.1) is 0 Å². The van der Waals surface area contributed by atoms with E-state index in [0.29, 0.717) is 5.92 Å². The van der Waals surface area contributed by atoms with Gasteiger partial charge in [0.1, 0.15) is 0 Å². The van der Waals surface area contributed by atoms with E-state index in [4.69, 9.17) is 0 Å². The molecule has 0 fully saturated rings. The second-order valence-corrected chi connectivity index (χ2v) is 4.95. The normalized spacial score (nSPS) is 17.6. The lowest BCUT2D eigenvalue weighted by atomic mass is 9.94. The fourth-order valence-corrected chi connectivity index (χ4v) is 2.50. The number of hydrogen-bond donors (Lipinski definition) is 0. The van der Waals surface area contributed by atoms with Crippen molar-refractivity contribution in [2.24, 2.45) is 0 Å². The number of rotatable bonds is 2. The van der Waals surface area contributed by atoms with Crippen LogP contribution in [0.3, 0.4) is 0 Å². The maximum Gasteiger partial charge on any atom is 0.0478 e. The number of aromatic nitrogens is 1. The molecule has 19 heavy (non-hydrogen) atoms. The number of pyridine rings is 1. The van der Waals surface area contributed by atoms with Gasteiger partial charge in [-0.3, -0.25) is 4.98 Å². The number of aryl methyl sites for hydroxylation is 1. The molecule has 1 heterocycles. The molecule has 1 aliphatic rings. The highest BCUT2D eigenvalue weighted by Crippen LogP contribution is 2.28. The first-order valence-corrected chi connectivity index (χ1v) is 6.70. The Labute approximate surface area is 114 Å². The molecule has 0 spiro atoms. The molecule has 0 saturated heterocycles. The van der Waals surface area contributed by atoms with Gasteiger partial charge >= 0.3 is 0 Å². The van der Waals surface area contributed by atoms with E-state index in [2.05, 4.69) is 66.5 Å². The van der Waals surface area contributed by atoms with Gasteiger partial charge in [0.05, 0.1) is 0 Å². The summed E-state index contributed by atoms with van der Waals surface area (Å²) in [5.41, 5.74) is 4.91.